The Labute approximate surface area is 79.6 Å². The van der Waals surface area contributed by atoms with Crippen molar-refractivity contribution < 1.29 is 0 Å². The van der Waals surface area contributed by atoms with Crippen LogP contribution in [0.3, 0.4) is 0 Å². The van der Waals surface area contributed by atoms with Gasteiger partial charge in [0.15, 0.2) is 0 Å². The minimum absolute atomic E-state index is 1.13. The van der Waals surface area contributed by atoms with Crippen molar-refractivity contribution in [1.29, 1.82) is 0 Å². The second kappa shape index (κ2) is 3.21. The normalized spacial score (nSPS) is 14.7. The molecule has 1 aliphatic carbocycles. The first-order valence-electron chi connectivity index (χ1n) is 4.73. The lowest BCUT2D eigenvalue weighted by atomic mass is 9.91. The summed E-state index contributed by atoms with van der Waals surface area (Å²) in [6.45, 7) is 5.96. The zero-order valence-electron chi connectivity index (χ0n) is 8.01. The summed E-state index contributed by atoms with van der Waals surface area (Å²) in [7, 11) is 0. The summed E-state index contributed by atoms with van der Waals surface area (Å²) in [5, 5.41) is 0. The van der Waals surface area contributed by atoms with Crippen LogP contribution in [0.2, 0.25) is 0 Å². The van der Waals surface area contributed by atoms with Crippen LogP contribution in [0.15, 0.2) is 36.9 Å². The molecule has 0 unspecified atom stereocenters. The minimum Gasteiger partial charge on any atom is -0.0955 e. The highest BCUT2D eigenvalue weighted by molar-refractivity contribution is 5.71. The Morgan fingerprint density at radius 2 is 1.85 bits per heavy atom. The van der Waals surface area contributed by atoms with E-state index in [1.54, 1.807) is 0 Å². The second-order valence-corrected chi connectivity index (χ2v) is 3.63. The molecule has 0 fully saturated rings. The molecular weight excluding hydrogens is 156 g/mol. The lowest BCUT2D eigenvalue weighted by Crippen LogP contribution is -1.93. The van der Waals surface area contributed by atoms with Crippen LogP contribution in [0.5, 0.6) is 0 Å². The highest BCUT2D eigenvalue weighted by Crippen LogP contribution is 2.29. The number of allylic oxidation sites excluding steroid dienone is 3. The molecule has 2 rings (SSSR count). The molecule has 1 aromatic carbocycles. The molecule has 0 heteroatoms. The zero-order chi connectivity index (χ0) is 9.26. The molecule has 0 N–H and O–H groups in total. The van der Waals surface area contributed by atoms with E-state index in [2.05, 4.69) is 36.9 Å². The van der Waals surface area contributed by atoms with Crippen LogP contribution in [-0.2, 0) is 0 Å². The fourth-order valence-electron chi connectivity index (χ4n) is 1.52. The van der Waals surface area contributed by atoms with E-state index in [1.165, 1.54) is 29.5 Å². The zero-order valence-corrected chi connectivity index (χ0v) is 8.01. The van der Waals surface area contributed by atoms with Crippen LogP contribution < -0.4 is 0 Å². The summed E-state index contributed by atoms with van der Waals surface area (Å²) in [6, 6.07) is 8.68. The Hall–Kier alpha value is -1.30. The van der Waals surface area contributed by atoms with Crippen molar-refractivity contribution in [2.45, 2.75) is 19.8 Å². The van der Waals surface area contributed by atoms with Crippen LogP contribution >= 0.6 is 0 Å². The number of hydrogen-bond donors (Lipinski definition) is 0. The Morgan fingerprint density at radius 1 is 1.23 bits per heavy atom. The van der Waals surface area contributed by atoms with Crippen LogP contribution in [0.4, 0.5) is 0 Å². The molecule has 0 radical (unpaired) electrons. The summed E-state index contributed by atoms with van der Waals surface area (Å²) in [5.41, 5.74) is 5.24. The molecule has 0 amide bonds. The maximum Gasteiger partial charge on any atom is -0.0227 e. The predicted octanol–water partition coefficient (Wildman–Crippen LogP) is 3.90. The smallest absolute Gasteiger partial charge is 0.0227 e. The summed E-state index contributed by atoms with van der Waals surface area (Å²) in [4.78, 5) is 0. The lowest BCUT2D eigenvalue weighted by molar-refractivity contribution is 0.988. The molecule has 0 saturated carbocycles. The molecule has 66 valence electrons. The number of rotatable bonds is 2. The number of benzene rings is 1. The SMILES string of the molecule is C=C(C)c1ccc(C2=CCC2)cc1. The molecule has 0 aromatic heterocycles. The average Bonchev–Trinajstić information content (AvgIpc) is 2.02. The molecule has 0 saturated heterocycles. The van der Waals surface area contributed by atoms with Crippen molar-refractivity contribution in [3.8, 4) is 0 Å². The molecule has 0 heterocycles. The molecule has 0 aliphatic heterocycles. The van der Waals surface area contributed by atoms with Gasteiger partial charge in [0.25, 0.3) is 0 Å². The largest absolute Gasteiger partial charge is 0.0955 e. The van der Waals surface area contributed by atoms with Crippen LogP contribution in [0, 0.1) is 0 Å². The third-order valence-electron chi connectivity index (χ3n) is 2.55. The summed E-state index contributed by atoms with van der Waals surface area (Å²) in [5.74, 6) is 0. The van der Waals surface area contributed by atoms with Gasteiger partial charge in [0.2, 0.25) is 0 Å². The topological polar surface area (TPSA) is 0 Å². The van der Waals surface area contributed by atoms with Crippen molar-refractivity contribution >= 4 is 11.1 Å². The third-order valence-corrected chi connectivity index (χ3v) is 2.55. The quantitative estimate of drug-likeness (QED) is 0.631. The summed E-state index contributed by atoms with van der Waals surface area (Å²) in [6.07, 6.45) is 4.79. The molecule has 0 spiro atoms. The van der Waals surface area contributed by atoms with Gasteiger partial charge < -0.3 is 0 Å². The van der Waals surface area contributed by atoms with Gasteiger partial charge in [-0.15, -0.1) is 0 Å². The van der Waals surface area contributed by atoms with E-state index in [-0.39, 0.29) is 0 Å². The minimum atomic E-state index is 1.13. The molecular formula is C13H14. The van der Waals surface area contributed by atoms with Crippen molar-refractivity contribution in [3.63, 3.8) is 0 Å². The second-order valence-electron chi connectivity index (χ2n) is 3.63. The molecule has 0 atom stereocenters. The Morgan fingerprint density at radius 3 is 2.23 bits per heavy atom. The first-order chi connectivity index (χ1) is 6.27. The molecule has 0 bridgehead atoms. The van der Waals surface area contributed by atoms with Crippen molar-refractivity contribution in [2.75, 3.05) is 0 Å². The van der Waals surface area contributed by atoms with E-state index >= 15 is 0 Å². The van der Waals surface area contributed by atoms with Crippen molar-refractivity contribution in [3.05, 3.63) is 48.0 Å². The van der Waals surface area contributed by atoms with Gasteiger partial charge in [0, 0.05) is 0 Å². The van der Waals surface area contributed by atoms with Crippen LogP contribution in [-0.4, -0.2) is 0 Å². The fraction of sp³-hybridized carbons (Fsp3) is 0.231. The first kappa shape index (κ1) is 8.31. The van der Waals surface area contributed by atoms with Crippen molar-refractivity contribution in [1.82, 2.24) is 0 Å². The van der Waals surface area contributed by atoms with E-state index in [0.717, 1.165) is 5.57 Å². The average molecular weight is 170 g/mol. The standard InChI is InChI=1S/C13H14/c1-10(2)11-6-8-13(9-7-11)12-4-3-5-12/h4,6-9H,1,3,5H2,2H3. The Kier molecular flexibility index (Phi) is 2.05. The summed E-state index contributed by atoms with van der Waals surface area (Å²) >= 11 is 0. The Bertz CT molecular complexity index is 352. The van der Waals surface area contributed by atoms with Gasteiger partial charge >= 0.3 is 0 Å². The summed E-state index contributed by atoms with van der Waals surface area (Å²) < 4.78 is 0. The monoisotopic (exact) mass is 170 g/mol. The highest BCUT2D eigenvalue weighted by Gasteiger charge is 2.07. The van der Waals surface area contributed by atoms with Crippen molar-refractivity contribution in [2.24, 2.45) is 0 Å². The maximum atomic E-state index is 3.92. The third kappa shape index (κ3) is 1.57. The van der Waals surface area contributed by atoms with Crippen LogP contribution in [0.1, 0.15) is 30.9 Å². The predicted molar refractivity (Wildman–Crippen MR) is 58.4 cm³/mol. The van der Waals surface area contributed by atoms with E-state index in [4.69, 9.17) is 0 Å². The van der Waals surface area contributed by atoms with Gasteiger partial charge in [-0.2, -0.15) is 0 Å². The van der Waals surface area contributed by atoms with E-state index < -0.39 is 0 Å². The Balaban J connectivity index is 2.28. The fourth-order valence-corrected chi connectivity index (χ4v) is 1.52. The van der Waals surface area contributed by atoms with E-state index in [9.17, 15) is 0 Å². The first-order valence-corrected chi connectivity index (χ1v) is 4.73. The molecule has 1 aromatic rings. The maximum absolute atomic E-state index is 3.92. The molecule has 1 aliphatic rings. The van der Waals surface area contributed by atoms with Gasteiger partial charge in [-0.3, -0.25) is 0 Å². The molecule has 0 nitrogen and oxygen atoms in total. The van der Waals surface area contributed by atoms with E-state index in [0.29, 0.717) is 0 Å². The van der Waals surface area contributed by atoms with Gasteiger partial charge in [-0.05, 0) is 36.5 Å². The molecule has 13 heavy (non-hydrogen) atoms. The highest BCUT2D eigenvalue weighted by atomic mass is 14.1. The van der Waals surface area contributed by atoms with Gasteiger partial charge in [0.05, 0.1) is 0 Å². The van der Waals surface area contributed by atoms with Crippen LogP contribution in [0.25, 0.3) is 11.1 Å². The van der Waals surface area contributed by atoms with Gasteiger partial charge in [-0.1, -0.05) is 42.5 Å². The van der Waals surface area contributed by atoms with Gasteiger partial charge in [0.1, 0.15) is 0 Å². The lowest BCUT2D eigenvalue weighted by Gasteiger charge is -2.14. The number of hydrogen-bond acceptors (Lipinski definition) is 0. The van der Waals surface area contributed by atoms with E-state index in [1.807, 2.05) is 6.92 Å². The van der Waals surface area contributed by atoms with Gasteiger partial charge in [-0.25, -0.2) is 0 Å².